The summed E-state index contributed by atoms with van der Waals surface area (Å²) in [6.07, 6.45) is 0. The maximum absolute atomic E-state index is 11.9. The summed E-state index contributed by atoms with van der Waals surface area (Å²) < 4.78 is 0. The average Bonchev–Trinajstić information content (AvgIpc) is 2.41. The van der Waals surface area contributed by atoms with E-state index in [-0.39, 0.29) is 5.75 Å². The lowest BCUT2D eigenvalue weighted by Gasteiger charge is -2.29. The normalized spacial score (nSPS) is 13.5. The summed E-state index contributed by atoms with van der Waals surface area (Å²) in [4.78, 5) is 11.9. The zero-order valence-electron chi connectivity index (χ0n) is 11.6. The zero-order valence-corrected chi connectivity index (χ0v) is 11.6. The molecule has 2 aromatic carbocycles. The first-order chi connectivity index (χ1) is 9.41. The Hall–Kier alpha value is -2.49. The van der Waals surface area contributed by atoms with Crippen LogP contribution in [0.4, 0.5) is 5.69 Å². The van der Waals surface area contributed by atoms with Crippen LogP contribution in [0.3, 0.4) is 0 Å². The molecule has 4 nitrogen and oxygen atoms in total. The predicted molar refractivity (Wildman–Crippen MR) is 79.5 cm³/mol. The summed E-state index contributed by atoms with van der Waals surface area (Å²) >= 11 is 0. The van der Waals surface area contributed by atoms with Gasteiger partial charge in [-0.1, -0.05) is 29.8 Å². The van der Waals surface area contributed by atoms with Crippen LogP contribution in [0.15, 0.2) is 48.5 Å². The van der Waals surface area contributed by atoms with Crippen LogP contribution in [0.5, 0.6) is 5.75 Å². The van der Waals surface area contributed by atoms with Crippen LogP contribution in [-0.4, -0.2) is 11.0 Å². The molecule has 0 saturated heterocycles. The summed E-state index contributed by atoms with van der Waals surface area (Å²) in [6, 6.07) is 14.2. The van der Waals surface area contributed by atoms with E-state index >= 15 is 0 Å². The van der Waals surface area contributed by atoms with Crippen molar-refractivity contribution in [3.8, 4) is 5.75 Å². The van der Waals surface area contributed by atoms with Crippen LogP contribution in [0.1, 0.15) is 18.1 Å². The molecule has 4 heteroatoms. The number of hydrogen-bond acceptors (Lipinski definition) is 3. The highest BCUT2D eigenvalue weighted by atomic mass is 16.3. The molecule has 2 aromatic rings. The monoisotopic (exact) mass is 270 g/mol. The van der Waals surface area contributed by atoms with Gasteiger partial charge >= 0.3 is 0 Å². The second kappa shape index (κ2) is 5.25. The molecule has 0 radical (unpaired) electrons. The maximum atomic E-state index is 11.9. The minimum Gasteiger partial charge on any atom is -0.508 e. The van der Waals surface area contributed by atoms with E-state index in [0.717, 1.165) is 11.3 Å². The quantitative estimate of drug-likeness (QED) is 0.799. The molecule has 0 saturated carbocycles. The summed E-state index contributed by atoms with van der Waals surface area (Å²) in [5, 5.41) is 12.7. The molecule has 0 heterocycles. The fraction of sp³-hybridized carbons (Fsp3) is 0.188. The lowest BCUT2D eigenvalue weighted by molar-refractivity contribution is -0.122. The number of anilines is 1. The third-order valence-electron chi connectivity index (χ3n) is 3.36. The highest BCUT2D eigenvalue weighted by Gasteiger charge is 2.33. The van der Waals surface area contributed by atoms with E-state index < -0.39 is 11.4 Å². The van der Waals surface area contributed by atoms with Gasteiger partial charge in [-0.05, 0) is 43.7 Å². The van der Waals surface area contributed by atoms with Crippen LogP contribution < -0.4 is 11.1 Å². The van der Waals surface area contributed by atoms with Crippen molar-refractivity contribution in [2.45, 2.75) is 19.4 Å². The fourth-order valence-corrected chi connectivity index (χ4v) is 2.02. The molecule has 4 N–H and O–H groups in total. The van der Waals surface area contributed by atoms with Crippen LogP contribution >= 0.6 is 0 Å². The van der Waals surface area contributed by atoms with Gasteiger partial charge in [-0.2, -0.15) is 0 Å². The zero-order chi connectivity index (χ0) is 14.8. The minimum atomic E-state index is -1.09. The van der Waals surface area contributed by atoms with E-state index in [0.29, 0.717) is 5.56 Å². The molecular weight excluding hydrogens is 252 g/mol. The Morgan fingerprint density at radius 1 is 1.20 bits per heavy atom. The van der Waals surface area contributed by atoms with E-state index in [1.807, 2.05) is 31.2 Å². The van der Waals surface area contributed by atoms with Gasteiger partial charge in [0, 0.05) is 5.69 Å². The van der Waals surface area contributed by atoms with Crippen molar-refractivity contribution in [1.29, 1.82) is 0 Å². The number of nitrogens with one attached hydrogen (secondary N) is 1. The SMILES string of the molecule is Cc1ccc(NC(C)(C(N)=O)c2cccc(O)c2)cc1. The van der Waals surface area contributed by atoms with Gasteiger partial charge in [-0.15, -0.1) is 0 Å². The van der Waals surface area contributed by atoms with Crippen molar-refractivity contribution in [3.63, 3.8) is 0 Å². The fourth-order valence-electron chi connectivity index (χ4n) is 2.02. The summed E-state index contributed by atoms with van der Waals surface area (Å²) in [6.45, 7) is 3.69. The van der Waals surface area contributed by atoms with Crippen LogP contribution in [0.2, 0.25) is 0 Å². The van der Waals surface area contributed by atoms with Crippen molar-refractivity contribution in [1.82, 2.24) is 0 Å². The lowest BCUT2D eigenvalue weighted by Crippen LogP contribution is -2.45. The second-order valence-electron chi connectivity index (χ2n) is 5.03. The number of hydrogen-bond donors (Lipinski definition) is 3. The lowest BCUT2D eigenvalue weighted by atomic mass is 9.90. The van der Waals surface area contributed by atoms with Crippen molar-refractivity contribution in [2.75, 3.05) is 5.32 Å². The minimum absolute atomic E-state index is 0.0979. The van der Waals surface area contributed by atoms with Gasteiger partial charge in [0.2, 0.25) is 5.91 Å². The van der Waals surface area contributed by atoms with Gasteiger partial charge in [0.05, 0.1) is 0 Å². The smallest absolute Gasteiger partial charge is 0.247 e. The molecule has 0 fully saturated rings. The Morgan fingerprint density at radius 3 is 2.40 bits per heavy atom. The van der Waals surface area contributed by atoms with Crippen molar-refractivity contribution >= 4 is 11.6 Å². The molecule has 0 aliphatic carbocycles. The largest absolute Gasteiger partial charge is 0.508 e. The summed E-state index contributed by atoms with van der Waals surface area (Å²) in [5.41, 5.74) is 7.00. The van der Waals surface area contributed by atoms with Gasteiger partial charge in [-0.3, -0.25) is 4.79 Å². The molecule has 20 heavy (non-hydrogen) atoms. The Labute approximate surface area is 118 Å². The van der Waals surface area contributed by atoms with E-state index in [2.05, 4.69) is 5.32 Å². The molecule has 0 aromatic heterocycles. The highest BCUT2D eigenvalue weighted by molar-refractivity contribution is 5.89. The Kier molecular flexibility index (Phi) is 3.66. The molecule has 1 unspecified atom stereocenters. The number of phenolic OH excluding ortho intramolecular Hbond substituents is 1. The second-order valence-corrected chi connectivity index (χ2v) is 5.03. The molecule has 1 amide bonds. The number of phenols is 1. The van der Waals surface area contributed by atoms with Crippen LogP contribution in [0.25, 0.3) is 0 Å². The number of benzene rings is 2. The Morgan fingerprint density at radius 2 is 1.85 bits per heavy atom. The molecular formula is C16H18N2O2. The molecule has 2 rings (SSSR count). The van der Waals surface area contributed by atoms with E-state index in [1.54, 1.807) is 25.1 Å². The van der Waals surface area contributed by atoms with Crippen LogP contribution in [-0.2, 0) is 10.3 Å². The number of amides is 1. The standard InChI is InChI=1S/C16H18N2O2/c1-11-6-8-13(9-7-11)18-16(2,15(17)20)12-4-3-5-14(19)10-12/h3-10,18-19H,1-2H3,(H2,17,20). The molecule has 0 bridgehead atoms. The Bertz CT molecular complexity index is 623. The van der Waals surface area contributed by atoms with Gasteiger partial charge in [0.1, 0.15) is 11.3 Å². The third-order valence-corrected chi connectivity index (χ3v) is 3.36. The molecule has 0 aliphatic heterocycles. The van der Waals surface area contributed by atoms with Crippen LogP contribution in [0, 0.1) is 6.92 Å². The third kappa shape index (κ3) is 2.74. The van der Waals surface area contributed by atoms with Gasteiger partial charge in [0.15, 0.2) is 0 Å². The first-order valence-electron chi connectivity index (χ1n) is 6.36. The molecule has 1 atom stereocenters. The van der Waals surface area contributed by atoms with Crippen molar-refractivity contribution in [3.05, 3.63) is 59.7 Å². The highest BCUT2D eigenvalue weighted by Crippen LogP contribution is 2.28. The van der Waals surface area contributed by atoms with Crippen molar-refractivity contribution < 1.29 is 9.90 Å². The van der Waals surface area contributed by atoms with Gasteiger partial charge in [-0.25, -0.2) is 0 Å². The average molecular weight is 270 g/mol. The van der Waals surface area contributed by atoms with E-state index in [4.69, 9.17) is 5.73 Å². The summed E-state index contributed by atoms with van der Waals surface area (Å²) in [5.74, 6) is -0.413. The predicted octanol–water partition coefficient (Wildman–Crippen LogP) is 2.51. The maximum Gasteiger partial charge on any atom is 0.247 e. The topological polar surface area (TPSA) is 75.3 Å². The number of carbonyl (C=O) groups excluding carboxylic acids is 1. The molecule has 104 valence electrons. The molecule has 0 aliphatic rings. The number of carbonyl (C=O) groups is 1. The Balaban J connectivity index is 2.39. The van der Waals surface area contributed by atoms with Gasteiger partial charge < -0.3 is 16.2 Å². The number of rotatable bonds is 4. The first kappa shape index (κ1) is 13.9. The molecule has 0 spiro atoms. The van der Waals surface area contributed by atoms with E-state index in [9.17, 15) is 9.90 Å². The number of aryl methyl sites for hydroxylation is 1. The van der Waals surface area contributed by atoms with E-state index in [1.165, 1.54) is 6.07 Å². The van der Waals surface area contributed by atoms with Crippen molar-refractivity contribution in [2.24, 2.45) is 5.73 Å². The van der Waals surface area contributed by atoms with Gasteiger partial charge in [0.25, 0.3) is 0 Å². The summed E-state index contributed by atoms with van der Waals surface area (Å²) in [7, 11) is 0. The number of aromatic hydroxyl groups is 1. The number of primary amides is 1. The number of nitrogens with two attached hydrogens (primary N) is 1. The first-order valence-corrected chi connectivity index (χ1v) is 6.36.